The molecule has 0 aromatic carbocycles. The molecule has 0 radical (unpaired) electrons. The second-order valence-electron chi connectivity index (χ2n) is 4.44. The Balaban J connectivity index is 2.66. The van der Waals surface area contributed by atoms with Gasteiger partial charge in [0.2, 0.25) is 11.9 Å². The highest BCUT2D eigenvalue weighted by Crippen LogP contribution is 2.14. The second-order valence-corrected chi connectivity index (χ2v) is 4.44. The van der Waals surface area contributed by atoms with E-state index in [-0.39, 0.29) is 18.6 Å². The van der Waals surface area contributed by atoms with Gasteiger partial charge in [-0.15, -0.1) is 0 Å². The van der Waals surface area contributed by atoms with Crippen LogP contribution in [0.5, 0.6) is 6.01 Å². The van der Waals surface area contributed by atoms with Crippen LogP contribution in [0.1, 0.15) is 32.6 Å². The van der Waals surface area contributed by atoms with Gasteiger partial charge in [-0.3, -0.25) is 5.43 Å². The van der Waals surface area contributed by atoms with E-state index in [0.29, 0.717) is 12.6 Å². The molecule has 1 heterocycles. The molecule has 0 amide bonds. The number of nitrogens with zero attached hydrogens (tertiary/aromatic N) is 4. The Morgan fingerprint density at radius 3 is 2.70 bits per heavy atom. The maximum absolute atomic E-state index is 8.75. The van der Waals surface area contributed by atoms with Gasteiger partial charge >= 0.3 is 6.01 Å². The van der Waals surface area contributed by atoms with E-state index < -0.39 is 0 Å². The summed E-state index contributed by atoms with van der Waals surface area (Å²) in [7, 11) is 1.90. The largest absolute Gasteiger partial charge is 0.463 e. The van der Waals surface area contributed by atoms with Crippen molar-refractivity contribution in [1.82, 2.24) is 15.0 Å². The van der Waals surface area contributed by atoms with Gasteiger partial charge < -0.3 is 14.7 Å². The van der Waals surface area contributed by atoms with Crippen LogP contribution in [0.2, 0.25) is 0 Å². The predicted octanol–water partition coefficient (Wildman–Crippen LogP) is 0.545. The highest BCUT2D eigenvalue weighted by atomic mass is 16.5. The lowest BCUT2D eigenvalue weighted by Crippen LogP contribution is -2.23. The minimum atomic E-state index is 0.228. The van der Waals surface area contributed by atoms with Gasteiger partial charge in [-0.25, -0.2) is 5.84 Å². The van der Waals surface area contributed by atoms with Crippen LogP contribution in [-0.4, -0.2) is 46.9 Å². The third kappa shape index (κ3) is 5.54. The Labute approximate surface area is 119 Å². The average Bonchev–Trinajstić information content (AvgIpc) is 2.48. The van der Waals surface area contributed by atoms with Crippen LogP contribution in [0.4, 0.5) is 11.9 Å². The number of nitrogens with one attached hydrogen (secondary N) is 1. The molecule has 8 heteroatoms. The van der Waals surface area contributed by atoms with Crippen LogP contribution >= 0.6 is 0 Å². The molecule has 0 aliphatic rings. The van der Waals surface area contributed by atoms with Crippen LogP contribution in [-0.2, 0) is 0 Å². The van der Waals surface area contributed by atoms with Crippen molar-refractivity contribution >= 4 is 11.9 Å². The molecule has 0 aliphatic carbocycles. The third-order valence-corrected chi connectivity index (χ3v) is 2.66. The van der Waals surface area contributed by atoms with E-state index in [1.165, 1.54) is 0 Å². The number of aromatic nitrogens is 3. The van der Waals surface area contributed by atoms with E-state index in [2.05, 4.69) is 20.4 Å². The number of nitrogen functional groups attached to an aromatic ring is 1. The highest BCUT2D eigenvalue weighted by Gasteiger charge is 2.10. The van der Waals surface area contributed by atoms with E-state index in [1.54, 1.807) is 0 Å². The van der Waals surface area contributed by atoms with Gasteiger partial charge in [0.15, 0.2) is 0 Å². The standard InChI is InChI=1S/C12H24N6O2/c1-3-9-20-12-15-10(17-13)14-11(16-12)18(2)7-5-4-6-8-19/h19H,3-9,13H2,1-2H3,(H,14,15,16,17). The number of nitrogens with two attached hydrogens (primary N) is 1. The molecule has 0 saturated carbocycles. The number of aliphatic hydroxyl groups excluding tert-OH is 1. The normalized spacial score (nSPS) is 10.4. The van der Waals surface area contributed by atoms with Gasteiger partial charge in [-0.05, 0) is 25.7 Å². The van der Waals surface area contributed by atoms with Crippen molar-refractivity contribution in [1.29, 1.82) is 0 Å². The summed E-state index contributed by atoms with van der Waals surface area (Å²) in [6.07, 6.45) is 3.61. The number of unbranched alkanes of at least 4 members (excludes halogenated alkanes) is 2. The van der Waals surface area contributed by atoms with Gasteiger partial charge in [0, 0.05) is 20.2 Å². The fraction of sp³-hybridized carbons (Fsp3) is 0.750. The van der Waals surface area contributed by atoms with Crippen LogP contribution in [0.25, 0.3) is 0 Å². The first-order valence-electron chi connectivity index (χ1n) is 6.88. The molecule has 0 bridgehead atoms. The van der Waals surface area contributed by atoms with Crippen molar-refractivity contribution < 1.29 is 9.84 Å². The number of hydrogen-bond acceptors (Lipinski definition) is 8. The topological polar surface area (TPSA) is 109 Å². The average molecular weight is 284 g/mol. The maximum atomic E-state index is 8.75. The molecular formula is C12H24N6O2. The van der Waals surface area contributed by atoms with Crippen molar-refractivity contribution in [2.45, 2.75) is 32.6 Å². The lowest BCUT2D eigenvalue weighted by molar-refractivity contribution is 0.283. The Morgan fingerprint density at radius 1 is 1.25 bits per heavy atom. The van der Waals surface area contributed by atoms with E-state index in [0.717, 1.165) is 32.2 Å². The summed E-state index contributed by atoms with van der Waals surface area (Å²) in [4.78, 5) is 14.4. The molecule has 0 atom stereocenters. The molecule has 114 valence electrons. The van der Waals surface area contributed by atoms with Crippen LogP contribution in [0, 0.1) is 0 Å². The third-order valence-electron chi connectivity index (χ3n) is 2.66. The number of hydrogen-bond donors (Lipinski definition) is 3. The summed E-state index contributed by atoms with van der Waals surface area (Å²) in [6, 6.07) is 0.270. The molecule has 8 nitrogen and oxygen atoms in total. The molecular weight excluding hydrogens is 260 g/mol. The number of anilines is 2. The SMILES string of the molecule is CCCOc1nc(NN)nc(N(C)CCCCCO)n1. The van der Waals surface area contributed by atoms with Crippen molar-refractivity contribution in [3.63, 3.8) is 0 Å². The van der Waals surface area contributed by atoms with Crippen molar-refractivity contribution in [2.75, 3.05) is 37.1 Å². The molecule has 0 saturated heterocycles. The van der Waals surface area contributed by atoms with Gasteiger partial charge in [0.25, 0.3) is 0 Å². The first-order valence-corrected chi connectivity index (χ1v) is 6.88. The molecule has 20 heavy (non-hydrogen) atoms. The predicted molar refractivity (Wildman–Crippen MR) is 77.6 cm³/mol. The first-order chi connectivity index (χ1) is 9.71. The molecule has 1 rings (SSSR count). The minimum Gasteiger partial charge on any atom is -0.463 e. The Kier molecular flexibility index (Phi) is 7.59. The number of hydrazine groups is 1. The van der Waals surface area contributed by atoms with Gasteiger partial charge in [0.05, 0.1) is 6.61 Å². The lowest BCUT2D eigenvalue weighted by Gasteiger charge is -2.17. The number of aliphatic hydroxyl groups is 1. The molecule has 0 aliphatic heterocycles. The highest BCUT2D eigenvalue weighted by molar-refractivity contribution is 5.36. The van der Waals surface area contributed by atoms with Gasteiger partial charge in [0.1, 0.15) is 0 Å². The van der Waals surface area contributed by atoms with Gasteiger partial charge in [-0.1, -0.05) is 6.92 Å². The lowest BCUT2D eigenvalue weighted by atomic mass is 10.2. The van der Waals surface area contributed by atoms with E-state index in [1.807, 2.05) is 18.9 Å². The summed E-state index contributed by atoms with van der Waals surface area (Å²) >= 11 is 0. The van der Waals surface area contributed by atoms with Gasteiger partial charge in [-0.2, -0.15) is 15.0 Å². The van der Waals surface area contributed by atoms with E-state index in [4.69, 9.17) is 15.7 Å². The Hall–Kier alpha value is -1.67. The second kappa shape index (κ2) is 9.27. The quantitative estimate of drug-likeness (QED) is 0.324. The van der Waals surface area contributed by atoms with Crippen molar-refractivity contribution in [3.8, 4) is 6.01 Å². The van der Waals surface area contributed by atoms with Crippen LogP contribution in [0.15, 0.2) is 0 Å². The molecule has 0 spiro atoms. The Bertz CT molecular complexity index is 390. The molecule has 4 N–H and O–H groups in total. The first kappa shape index (κ1) is 16.4. The minimum absolute atomic E-state index is 0.228. The van der Waals surface area contributed by atoms with Crippen molar-refractivity contribution in [3.05, 3.63) is 0 Å². The zero-order valence-corrected chi connectivity index (χ0v) is 12.2. The zero-order chi connectivity index (χ0) is 14.8. The number of rotatable bonds is 10. The van der Waals surface area contributed by atoms with E-state index >= 15 is 0 Å². The van der Waals surface area contributed by atoms with Crippen LogP contribution < -0.4 is 20.9 Å². The number of ether oxygens (including phenoxy) is 1. The van der Waals surface area contributed by atoms with E-state index in [9.17, 15) is 0 Å². The monoisotopic (exact) mass is 284 g/mol. The molecule has 0 fully saturated rings. The summed E-state index contributed by atoms with van der Waals surface area (Å²) in [5.74, 6) is 6.15. The summed E-state index contributed by atoms with van der Waals surface area (Å²) in [5.41, 5.74) is 2.41. The molecule has 1 aromatic rings. The molecule has 1 aromatic heterocycles. The summed E-state index contributed by atoms with van der Waals surface area (Å²) in [6.45, 7) is 3.58. The maximum Gasteiger partial charge on any atom is 0.323 e. The van der Waals surface area contributed by atoms with Crippen molar-refractivity contribution in [2.24, 2.45) is 5.84 Å². The smallest absolute Gasteiger partial charge is 0.323 e. The fourth-order valence-electron chi connectivity index (χ4n) is 1.58. The van der Waals surface area contributed by atoms with Crippen LogP contribution in [0.3, 0.4) is 0 Å². The fourth-order valence-corrected chi connectivity index (χ4v) is 1.58. The Morgan fingerprint density at radius 2 is 2.05 bits per heavy atom. The zero-order valence-electron chi connectivity index (χ0n) is 12.2. The molecule has 0 unspecified atom stereocenters. The summed E-state index contributed by atoms with van der Waals surface area (Å²) in [5, 5.41) is 8.75. The summed E-state index contributed by atoms with van der Waals surface area (Å²) < 4.78 is 5.41.